The highest BCUT2D eigenvalue weighted by atomic mass is 31.1. The van der Waals surface area contributed by atoms with E-state index in [9.17, 15) is 14.2 Å². The molecular weight excluding hydrogens is 239 g/mol. The molecule has 4 nitrogen and oxygen atoms in total. The van der Waals surface area contributed by atoms with Crippen LogP contribution in [0.15, 0.2) is 0 Å². The first-order valence-electron chi connectivity index (χ1n) is 5.98. The van der Waals surface area contributed by atoms with Crippen LogP contribution in [0, 0.1) is 11.3 Å². The fourth-order valence-electron chi connectivity index (χ4n) is 1.83. The number of carbonyl (C=O) groups is 2. The van der Waals surface area contributed by atoms with Gasteiger partial charge in [-0.05, 0) is 29.7 Å². The van der Waals surface area contributed by atoms with Gasteiger partial charge >= 0.3 is 8.03 Å². The van der Waals surface area contributed by atoms with Gasteiger partial charge in [0.1, 0.15) is 5.78 Å². The maximum absolute atomic E-state index is 12.0. The smallest absolute Gasteiger partial charge is 0.299 e. The zero-order valence-corrected chi connectivity index (χ0v) is 11.6. The molecule has 0 saturated heterocycles. The molecule has 0 aromatic heterocycles. The van der Waals surface area contributed by atoms with E-state index in [-0.39, 0.29) is 17.7 Å². The number of hydrogen-bond acceptors (Lipinski definition) is 4. The molecule has 1 saturated carbocycles. The Hall–Kier alpha value is -0.600. The summed E-state index contributed by atoms with van der Waals surface area (Å²) in [6.45, 7) is 4.10. The standard InChI is InChI=1S/C12H20O4P/c1-9(2)4-5-10(13)12(6-7-12)11(14)8-17(15)16-3/h9H,4-8H2,1-3H3/q+1. The number of rotatable bonds is 8. The maximum atomic E-state index is 12.0. The van der Waals surface area contributed by atoms with Gasteiger partial charge in [0.25, 0.3) is 0 Å². The lowest BCUT2D eigenvalue weighted by Gasteiger charge is -2.10. The maximum Gasteiger partial charge on any atom is 0.515 e. The Morgan fingerprint density at radius 3 is 2.29 bits per heavy atom. The van der Waals surface area contributed by atoms with Gasteiger partial charge in [0.15, 0.2) is 5.78 Å². The predicted molar refractivity (Wildman–Crippen MR) is 65.2 cm³/mol. The van der Waals surface area contributed by atoms with E-state index in [1.54, 1.807) is 0 Å². The summed E-state index contributed by atoms with van der Waals surface area (Å²) in [6, 6.07) is 0. The topological polar surface area (TPSA) is 60.4 Å². The summed E-state index contributed by atoms with van der Waals surface area (Å²) in [5.41, 5.74) is -0.807. The minimum Gasteiger partial charge on any atom is -0.299 e. The van der Waals surface area contributed by atoms with Crippen LogP contribution in [0.1, 0.15) is 39.5 Å². The Morgan fingerprint density at radius 1 is 1.29 bits per heavy atom. The molecule has 1 aliphatic rings. The highest BCUT2D eigenvalue weighted by molar-refractivity contribution is 7.40. The van der Waals surface area contributed by atoms with Crippen molar-refractivity contribution < 1.29 is 18.7 Å². The van der Waals surface area contributed by atoms with Gasteiger partial charge in [-0.1, -0.05) is 13.8 Å². The van der Waals surface area contributed by atoms with Crippen molar-refractivity contribution in [3.63, 3.8) is 0 Å². The highest BCUT2D eigenvalue weighted by Crippen LogP contribution is 2.50. The summed E-state index contributed by atoms with van der Waals surface area (Å²) in [5.74, 6) is 0.283. The van der Waals surface area contributed by atoms with E-state index in [1.807, 2.05) is 0 Å². The van der Waals surface area contributed by atoms with Crippen LogP contribution in [0.2, 0.25) is 0 Å². The molecule has 0 amide bonds. The third-order valence-corrected chi connectivity index (χ3v) is 4.20. The van der Waals surface area contributed by atoms with Crippen LogP contribution in [0.25, 0.3) is 0 Å². The van der Waals surface area contributed by atoms with Gasteiger partial charge in [-0.25, -0.2) is 0 Å². The van der Waals surface area contributed by atoms with Gasteiger partial charge in [-0.2, -0.15) is 0 Å². The molecule has 0 aromatic carbocycles. The number of carbonyl (C=O) groups excluding carboxylic acids is 2. The molecule has 0 radical (unpaired) electrons. The molecular formula is C12H20O4P+. The number of ketones is 2. The van der Waals surface area contributed by atoms with Gasteiger partial charge in [0, 0.05) is 6.42 Å². The van der Waals surface area contributed by atoms with Crippen molar-refractivity contribution in [3.8, 4) is 0 Å². The second-order valence-electron chi connectivity index (χ2n) is 5.03. The van der Waals surface area contributed by atoms with Crippen molar-refractivity contribution in [3.05, 3.63) is 0 Å². The molecule has 1 aliphatic carbocycles. The normalized spacial score (nSPS) is 18.0. The van der Waals surface area contributed by atoms with E-state index in [1.165, 1.54) is 7.11 Å². The molecule has 0 aliphatic heterocycles. The summed E-state index contributed by atoms with van der Waals surface area (Å²) in [6.07, 6.45) is 2.38. The van der Waals surface area contributed by atoms with E-state index in [2.05, 4.69) is 18.4 Å². The molecule has 1 atom stereocenters. The lowest BCUT2D eigenvalue weighted by Crippen LogP contribution is -2.27. The first-order chi connectivity index (χ1) is 7.92. The van der Waals surface area contributed by atoms with Crippen molar-refractivity contribution >= 4 is 19.6 Å². The fraction of sp³-hybridized carbons (Fsp3) is 0.833. The van der Waals surface area contributed by atoms with E-state index >= 15 is 0 Å². The number of hydrogen-bond donors (Lipinski definition) is 0. The Morgan fingerprint density at radius 2 is 1.88 bits per heavy atom. The molecule has 1 fully saturated rings. The molecule has 0 aromatic rings. The third-order valence-electron chi connectivity index (χ3n) is 3.24. The Kier molecular flexibility index (Phi) is 4.96. The van der Waals surface area contributed by atoms with Gasteiger partial charge < -0.3 is 0 Å². The monoisotopic (exact) mass is 259 g/mol. The van der Waals surface area contributed by atoms with Gasteiger partial charge in [0.2, 0.25) is 6.16 Å². The quantitative estimate of drug-likeness (QED) is 0.496. The summed E-state index contributed by atoms with van der Waals surface area (Å²) in [5, 5.41) is 0. The Balaban J connectivity index is 2.53. The van der Waals surface area contributed by atoms with Crippen LogP contribution in [0.5, 0.6) is 0 Å². The van der Waals surface area contributed by atoms with Crippen LogP contribution >= 0.6 is 8.03 Å². The molecule has 96 valence electrons. The summed E-state index contributed by atoms with van der Waals surface area (Å²) < 4.78 is 15.8. The molecule has 0 heterocycles. The molecule has 1 rings (SSSR count). The molecule has 17 heavy (non-hydrogen) atoms. The van der Waals surface area contributed by atoms with E-state index in [0.29, 0.717) is 25.2 Å². The zero-order chi connectivity index (χ0) is 13.1. The van der Waals surface area contributed by atoms with Crippen LogP contribution in [0.3, 0.4) is 0 Å². The van der Waals surface area contributed by atoms with Crippen LogP contribution in [-0.2, 0) is 18.7 Å². The van der Waals surface area contributed by atoms with E-state index in [4.69, 9.17) is 0 Å². The minimum absolute atomic E-state index is 0.0238. The van der Waals surface area contributed by atoms with Gasteiger partial charge in [-0.15, -0.1) is 4.52 Å². The first kappa shape index (κ1) is 14.5. The summed E-state index contributed by atoms with van der Waals surface area (Å²) in [7, 11) is -0.629. The lowest BCUT2D eigenvalue weighted by molar-refractivity contribution is -0.133. The lowest BCUT2D eigenvalue weighted by atomic mass is 9.91. The van der Waals surface area contributed by atoms with Crippen LogP contribution in [0.4, 0.5) is 0 Å². The highest BCUT2D eigenvalue weighted by Gasteiger charge is 2.56. The number of Topliss-reactive ketones (excluding diaryl/α,β-unsaturated/α-hetero) is 2. The van der Waals surface area contributed by atoms with Crippen molar-refractivity contribution in [1.29, 1.82) is 0 Å². The largest absolute Gasteiger partial charge is 0.515 e. The molecule has 0 N–H and O–H groups in total. The first-order valence-corrected chi connectivity index (χ1v) is 7.34. The third kappa shape index (κ3) is 3.68. The molecule has 5 heteroatoms. The molecule has 0 bridgehead atoms. The fourth-order valence-corrected chi connectivity index (χ4v) is 2.50. The molecule has 1 unspecified atom stereocenters. The van der Waals surface area contributed by atoms with Crippen molar-refractivity contribution in [2.24, 2.45) is 11.3 Å². The van der Waals surface area contributed by atoms with Crippen molar-refractivity contribution in [2.45, 2.75) is 39.5 Å². The average molecular weight is 259 g/mol. The van der Waals surface area contributed by atoms with Gasteiger partial charge in [-0.3, -0.25) is 9.59 Å². The second kappa shape index (κ2) is 5.83. The van der Waals surface area contributed by atoms with Crippen molar-refractivity contribution in [2.75, 3.05) is 13.3 Å². The summed E-state index contributed by atoms with van der Waals surface area (Å²) in [4.78, 5) is 23.9. The predicted octanol–water partition coefficient (Wildman–Crippen LogP) is 2.73. The zero-order valence-electron chi connectivity index (χ0n) is 10.7. The summed E-state index contributed by atoms with van der Waals surface area (Å²) >= 11 is 0. The van der Waals surface area contributed by atoms with Crippen LogP contribution in [-0.4, -0.2) is 24.8 Å². The Labute approximate surface area is 103 Å². The van der Waals surface area contributed by atoms with E-state index < -0.39 is 13.4 Å². The van der Waals surface area contributed by atoms with Crippen molar-refractivity contribution in [1.82, 2.24) is 0 Å². The SMILES string of the molecule is CO[P+](=O)CC(=O)C1(C(=O)CCC(C)C)CC1. The van der Waals surface area contributed by atoms with Gasteiger partial charge in [0.05, 0.1) is 12.5 Å². The van der Waals surface area contributed by atoms with Crippen LogP contribution < -0.4 is 0 Å². The minimum atomic E-state index is -1.94. The second-order valence-corrected chi connectivity index (χ2v) is 6.38. The average Bonchev–Trinajstić information content (AvgIpc) is 3.06. The molecule has 0 spiro atoms. The Bertz CT molecular complexity index is 331. The van der Waals surface area contributed by atoms with E-state index in [0.717, 1.165) is 6.42 Å².